The molecule has 1 rings (SSSR count). The molecule has 4 heteroatoms. The van der Waals surface area contributed by atoms with Crippen molar-refractivity contribution in [2.45, 2.75) is 52.5 Å². The molecule has 0 saturated heterocycles. The van der Waals surface area contributed by atoms with Crippen LogP contribution < -0.4 is 5.32 Å². The molecule has 0 aliphatic heterocycles. The minimum Gasteiger partial charge on any atom is -0.317 e. The molecular weight excluding hydrogens is 246 g/mol. The van der Waals surface area contributed by atoms with Crippen molar-refractivity contribution >= 4 is 9.84 Å². The smallest absolute Gasteiger partial charge is 0.147 e. The number of nitrogens with one attached hydrogen (secondary N) is 1. The lowest BCUT2D eigenvalue weighted by Crippen LogP contribution is -2.42. The van der Waals surface area contributed by atoms with Crippen LogP contribution in [-0.4, -0.2) is 33.5 Å². The van der Waals surface area contributed by atoms with Gasteiger partial charge in [0.2, 0.25) is 0 Å². The van der Waals surface area contributed by atoms with Gasteiger partial charge >= 0.3 is 0 Å². The molecule has 3 unspecified atom stereocenters. The van der Waals surface area contributed by atoms with Crippen LogP contribution in [0.3, 0.4) is 0 Å². The molecule has 0 amide bonds. The van der Waals surface area contributed by atoms with Gasteiger partial charge in [0.15, 0.2) is 0 Å². The summed E-state index contributed by atoms with van der Waals surface area (Å²) in [4.78, 5) is 0. The Morgan fingerprint density at radius 2 is 1.83 bits per heavy atom. The maximum atomic E-state index is 11.3. The van der Waals surface area contributed by atoms with E-state index in [1.54, 1.807) is 0 Å². The van der Waals surface area contributed by atoms with Crippen molar-refractivity contribution in [2.75, 3.05) is 19.1 Å². The lowest BCUT2D eigenvalue weighted by Gasteiger charge is -2.42. The summed E-state index contributed by atoms with van der Waals surface area (Å²) < 4.78 is 22.7. The van der Waals surface area contributed by atoms with Gasteiger partial charge in [0.05, 0.1) is 5.75 Å². The normalized spacial score (nSPS) is 30.4. The van der Waals surface area contributed by atoms with Gasteiger partial charge in [0.25, 0.3) is 0 Å². The second kappa shape index (κ2) is 5.91. The third kappa shape index (κ3) is 4.88. The fourth-order valence-electron chi connectivity index (χ4n) is 3.12. The van der Waals surface area contributed by atoms with E-state index in [0.29, 0.717) is 29.0 Å². The molecule has 1 aliphatic rings. The van der Waals surface area contributed by atoms with Gasteiger partial charge in [-0.15, -0.1) is 0 Å². The molecule has 0 aromatic carbocycles. The predicted octanol–water partition coefficient (Wildman–Crippen LogP) is 2.47. The van der Waals surface area contributed by atoms with E-state index in [4.69, 9.17) is 0 Å². The fourth-order valence-corrected chi connectivity index (χ4v) is 3.85. The van der Waals surface area contributed by atoms with E-state index < -0.39 is 9.84 Å². The van der Waals surface area contributed by atoms with Crippen molar-refractivity contribution in [1.29, 1.82) is 0 Å². The van der Waals surface area contributed by atoms with Crippen LogP contribution in [0.15, 0.2) is 0 Å². The van der Waals surface area contributed by atoms with Crippen LogP contribution in [0.4, 0.5) is 0 Å². The van der Waals surface area contributed by atoms with Gasteiger partial charge in [0, 0.05) is 12.3 Å². The molecule has 1 aliphatic carbocycles. The lowest BCUT2D eigenvalue weighted by molar-refractivity contribution is 0.115. The second-order valence-electron chi connectivity index (χ2n) is 6.95. The Labute approximate surface area is 113 Å². The van der Waals surface area contributed by atoms with E-state index in [9.17, 15) is 8.42 Å². The molecule has 0 spiro atoms. The Bertz CT molecular complexity index is 356. The predicted molar refractivity (Wildman–Crippen MR) is 77.5 cm³/mol. The Kier molecular flexibility index (Phi) is 5.24. The Balaban J connectivity index is 2.65. The monoisotopic (exact) mass is 275 g/mol. The van der Waals surface area contributed by atoms with E-state index in [1.807, 2.05) is 7.05 Å². The van der Waals surface area contributed by atoms with Crippen LogP contribution in [0.1, 0.15) is 46.5 Å². The Hall–Kier alpha value is -0.0900. The van der Waals surface area contributed by atoms with Gasteiger partial charge in [-0.05, 0) is 50.0 Å². The molecule has 1 fully saturated rings. The van der Waals surface area contributed by atoms with E-state index in [2.05, 4.69) is 26.1 Å². The first-order valence-electron chi connectivity index (χ1n) is 6.98. The first-order valence-corrected chi connectivity index (χ1v) is 9.04. The summed E-state index contributed by atoms with van der Waals surface area (Å²) in [5.74, 6) is 1.54. The molecule has 0 heterocycles. The van der Waals surface area contributed by atoms with Crippen LogP contribution in [-0.2, 0) is 9.84 Å². The van der Waals surface area contributed by atoms with Crippen molar-refractivity contribution in [3.8, 4) is 0 Å². The molecule has 0 bridgehead atoms. The Morgan fingerprint density at radius 1 is 1.22 bits per heavy atom. The van der Waals surface area contributed by atoms with Crippen molar-refractivity contribution < 1.29 is 8.42 Å². The molecule has 3 atom stereocenters. The third-order valence-corrected chi connectivity index (χ3v) is 5.41. The van der Waals surface area contributed by atoms with E-state index >= 15 is 0 Å². The maximum absolute atomic E-state index is 11.3. The van der Waals surface area contributed by atoms with Crippen LogP contribution in [0.5, 0.6) is 0 Å². The average molecular weight is 275 g/mol. The van der Waals surface area contributed by atoms with Crippen molar-refractivity contribution in [3.05, 3.63) is 0 Å². The number of hydrogen-bond acceptors (Lipinski definition) is 3. The molecule has 1 N–H and O–H groups in total. The summed E-state index contributed by atoms with van der Waals surface area (Å²) in [6.45, 7) is 6.89. The summed E-state index contributed by atoms with van der Waals surface area (Å²) in [5.41, 5.74) is 0.335. The minimum absolute atomic E-state index is 0.326. The maximum Gasteiger partial charge on any atom is 0.147 e. The van der Waals surface area contributed by atoms with Gasteiger partial charge < -0.3 is 5.32 Å². The first-order chi connectivity index (χ1) is 8.13. The van der Waals surface area contributed by atoms with E-state index in [0.717, 1.165) is 12.8 Å². The van der Waals surface area contributed by atoms with Gasteiger partial charge in [-0.1, -0.05) is 20.8 Å². The topological polar surface area (TPSA) is 46.2 Å². The van der Waals surface area contributed by atoms with Crippen LogP contribution in [0.2, 0.25) is 0 Å². The molecule has 0 aromatic rings. The summed E-state index contributed by atoms with van der Waals surface area (Å²) in [6, 6.07) is 0.491. The molecule has 18 heavy (non-hydrogen) atoms. The standard InChI is InChI=1S/C14H29NO2S/c1-14(2,3)12-6-7-13(15-4)11(10-12)8-9-18(5,16)17/h11-13,15H,6-10H2,1-5H3. The molecule has 3 nitrogen and oxygen atoms in total. The number of hydrogen-bond donors (Lipinski definition) is 1. The highest BCUT2D eigenvalue weighted by Gasteiger charge is 2.35. The molecular formula is C14H29NO2S. The summed E-state index contributed by atoms with van der Waals surface area (Å²) in [7, 11) is -0.840. The van der Waals surface area contributed by atoms with E-state index in [-0.39, 0.29) is 0 Å². The largest absolute Gasteiger partial charge is 0.317 e. The second-order valence-corrected chi connectivity index (χ2v) is 9.21. The summed E-state index contributed by atoms with van der Waals surface area (Å²) >= 11 is 0. The van der Waals surface area contributed by atoms with Crippen LogP contribution in [0, 0.1) is 17.3 Å². The van der Waals surface area contributed by atoms with Crippen molar-refractivity contribution in [1.82, 2.24) is 5.32 Å². The van der Waals surface area contributed by atoms with Crippen LogP contribution >= 0.6 is 0 Å². The molecule has 0 aromatic heterocycles. The van der Waals surface area contributed by atoms with E-state index in [1.165, 1.54) is 19.1 Å². The van der Waals surface area contributed by atoms with Gasteiger partial charge in [0.1, 0.15) is 9.84 Å². The lowest BCUT2D eigenvalue weighted by atomic mass is 9.67. The van der Waals surface area contributed by atoms with Crippen molar-refractivity contribution in [2.24, 2.45) is 17.3 Å². The highest BCUT2D eigenvalue weighted by molar-refractivity contribution is 7.90. The highest BCUT2D eigenvalue weighted by Crippen LogP contribution is 2.41. The number of rotatable bonds is 4. The van der Waals surface area contributed by atoms with Gasteiger partial charge in [-0.2, -0.15) is 0 Å². The Morgan fingerprint density at radius 3 is 2.28 bits per heavy atom. The fraction of sp³-hybridized carbons (Fsp3) is 1.00. The quantitative estimate of drug-likeness (QED) is 0.857. The van der Waals surface area contributed by atoms with Crippen LogP contribution in [0.25, 0.3) is 0 Å². The van der Waals surface area contributed by atoms with Gasteiger partial charge in [-0.25, -0.2) is 8.42 Å². The molecule has 108 valence electrons. The zero-order valence-corrected chi connectivity index (χ0v) is 13.3. The first kappa shape index (κ1) is 16.0. The SMILES string of the molecule is CNC1CCC(C(C)(C)C)CC1CCS(C)(=O)=O. The van der Waals surface area contributed by atoms with Gasteiger partial charge in [-0.3, -0.25) is 0 Å². The molecule has 0 radical (unpaired) electrons. The molecule has 1 saturated carbocycles. The highest BCUT2D eigenvalue weighted by atomic mass is 32.2. The third-order valence-electron chi connectivity index (χ3n) is 4.44. The van der Waals surface area contributed by atoms with Crippen molar-refractivity contribution in [3.63, 3.8) is 0 Å². The zero-order valence-electron chi connectivity index (χ0n) is 12.5. The number of sulfone groups is 1. The summed E-state index contributed by atoms with van der Waals surface area (Å²) in [5, 5.41) is 3.37. The average Bonchev–Trinajstić information content (AvgIpc) is 2.23. The summed E-state index contributed by atoms with van der Waals surface area (Å²) in [6.07, 6.45) is 5.73. The zero-order chi connectivity index (χ0) is 14.0. The minimum atomic E-state index is -2.84.